The fourth-order valence-electron chi connectivity index (χ4n) is 3.99. The molecule has 3 aromatic heterocycles. The summed E-state index contributed by atoms with van der Waals surface area (Å²) >= 11 is 6.43. The number of benzene rings is 1. The maximum Gasteiger partial charge on any atom is 0.257 e. The monoisotopic (exact) mass is 433 g/mol. The van der Waals surface area contributed by atoms with Gasteiger partial charge in [0.05, 0.1) is 17.5 Å². The van der Waals surface area contributed by atoms with E-state index in [0.717, 1.165) is 41.0 Å². The van der Waals surface area contributed by atoms with Crippen molar-refractivity contribution in [3.05, 3.63) is 65.7 Å². The molecule has 4 aromatic rings. The summed E-state index contributed by atoms with van der Waals surface area (Å²) in [6.07, 6.45) is 6.52. The third-order valence-corrected chi connectivity index (χ3v) is 6.03. The lowest BCUT2D eigenvalue weighted by molar-refractivity contribution is 0.0717. The summed E-state index contributed by atoms with van der Waals surface area (Å²) in [5, 5.41) is 8.78. The van der Waals surface area contributed by atoms with Crippen LogP contribution in [0, 0.1) is 0 Å². The predicted molar refractivity (Wildman–Crippen MR) is 123 cm³/mol. The first kappa shape index (κ1) is 19.7. The Bertz CT molecular complexity index is 1230. The highest BCUT2D eigenvalue weighted by molar-refractivity contribution is 6.36. The molecule has 1 N–H and O–H groups in total. The van der Waals surface area contributed by atoms with Crippen LogP contribution in [0.15, 0.2) is 59.5 Å². The molecule has 156 valence electrons. The molecule has 1 saturated heterocycles. The Hall–Kier alpha value is -3.26. The Morgan fingerprint density at radius 1 is 1.23 bits per heavy atom. The van der Waals surface area contributed by atoms with Crippen molar-refractivity contribution in [3.63, 3.8) is 0 Å². The summed E-state index contributed by atoms with van der Waals surface area (Å²) in [6.45, 7) is 1.37. The highest BCUT2D eigenvalue weighted by Gasteiger charge is 2.25. The van der Waals surface area contributed by atoms with Crippen molar-refractivity contribution < 1.29 is 9.21 Å². The van der Waals surface area contributed by atoms with E-state index in [0.29, 0.717) is 23.7 Å². The van der Waals surface area contributed by atoms with Gasteiger partial charge in [-0.25, -0.2) is 4.98 Å². The molecule has 1 amide bonds. The number of anilines is 1. The van der Waals surface area contributed by atoms with Crippen LogP contribution in [0.4, 0.5) is 5.82 Å². The number of likely N-dealkylation sites (tertiary alicyclic amines) is 1. The number of hydrogen-bond donors (Lipinski definition) is 1. The lowest BCUT2D eigenvalue weighted by Crippen LogP contribution is -2.42. The fraction of sp³-hybridized carbons (Fsp3) is 0.227. The van der Waals surface area contributed by atoms with Crippen molar-refractivity contribution in [1.82, 2.24) is 19.5 Å². The van der Waals surface area contributed by atoms with Gasteiger partial charge in [0.25, 0.3) is 5.91 Å². The standard InChI is InChI=1S/C22H21BClN5O2/c23-17-12-25-29-20(11-19(27-21(17)29)16-3-1-2-4-18(16)24)26-15-5-8-28(9-6-15)22(30)14-7-10-31-13-14/h1-4,7,10-13,15,26H,5-6,8-9,23H2. The lowest BCUT2D eigenvalue weighted by atomic mass is 10.0. The van der Waals surface area contributed by atoms with E-state index >= 15 is 0 Å². The van der Waals surface area contributed by atoms with Crippen molar-refractivity contribution >= 4 is 42.3 Å². The zero-order valence-electron chi connectivity index (χ0n) is 17.1. The van der Waals surface area contributed by atoms with E-state index in [9.17, 15) is 4.79 Å². The van der Waals surface area contributed by atoms with Gasteiger partial charge in [0, 0.05) is 42.0 Å². The molecule has 0 aliphatic carbocycles. The second-order valence-corrected chi connectivity index (χ2v) is 8.20. The van der Waals surface area contributed by atoms with Gasteiger partial charge in [-0.3, -0.25) is 4.79 Å². The number of furan rings is 1. The number of halogens is 1. The van der Waals surface area contributed by atoms with Crippen LogP contribution >= 0.6 is 11.6 Å². The Balaban J connectivity index is 1.38. The molecule has 1 aliphatic heterocycles. The maximum absolute atomic E-state index is 12.5. The van der Waals surface area contributed by atoms with Gasteiger partial charge in [0.15, 0.2) is 5.65 Å². The SMILES string of the molecule is Bc1cnn2c(NC3CCN(C(=O)c4ccoc4)CC3)cc(-c3ccccc3Cl)nc12. The van der Waals surface area contributed by atoms with Gasteiger partial charge >= 0.3 is 0 Å². The van der Waals surface area contributed by atoms with Gasteiger partial charge in [0.1, 0.15) is 19.9 Å². The number of carbonyl (C=O) groups is 1. The van der Waals surface area contributed by atoms with Crippen LogP contribution in [0.25, 0.3) is 16.9 Å². The van der Waals surface area contributed by atoms with Gasteiger partial charge in [-0.2, -0.15) is 9.61 Å². The molecule has 9 heteroatoms. The van der Waals surface area contributed by atoms with Crippen LogP contribution in [0.5, 0.6) is 0 Å². The summed E-state index contributed by atoms with van der Waals surface area (Å²) in [6, 6.07) is 11.6. The Kier molecular flexibility index (Phi) is 5.15. The lowest BCUT2D eigenvalue weighted by Gasteiger charge is -2.32. The largest absolute Gasteiger partial charge is 0.472 e. The predicted octanol–water partition coefficient (Wildman–Crippen LogP) is 2.62. The molecule has 5 rings (SSSR count). The van der Waals surface area contributed by atoms with Crippen LogP contribution in [-0.4, -0.2) is 52.4 Å². The van der Waals surface area contributed by atoms with Crippen LogP contribution in [-0.2, 0) is 0 Å². The Morgan fingerprint density at radius 3 is 2.77 bits per heavy atom. The summed E-state index contributed by atoms with van der Waals surface area (Å²) < 4.78 is 6.87. The molecule has 1 aliphatic rings. The van der Waals surface area contributed by atoms with Crippen molar-refractivity contribution in [2.75, 3.05) is 18.4 Å². The minimum Gasteiger partial charge on any atom is -0.472 e. The van der Waals surface area contributed by atoms with Crippen LogP contribution in [0.3, 0.4) is 0 Å². The topological polar surface area (TPSA) is 75.7 Å². The Morgan fingerprint density at radius 2 is 2.03 bits per heavy atom. The number of hydrogen-bond acceptors (Lipinski definition) is 5. The van der Waals surface area contributed by atoms with Crippen molar-refractivity contribution in [2.45, 2.75) is 18.9 Å². The fourth-order valence-corrected chi connectivity index (χ4v) is 4.22. The number of piperidine rings is 1. The molecule has 0 spiro atoms. The third-order valence-electron chi connectivity index (χ3n) is 5.70. The molecule has 4 heterocycles. The number of rotatable bonds is 4. The molecule has 0 radical (unpaired) electrons. The zero-order chi connectivity index (χ0) is 21.4. The third kappa shape index (κ3) is 3.79. The summed E-state index contributed by atoms with van der Waals surface area (Å²) in [4.78, 5) is 19.2. The first-order valence-electron chi connectivity index (χ1n) is 10.3. The maximum atomic E-state index is 12.5. The smallest absolute Gasteiger partial charge is 0.257 e. The molecule has 0 unspecified atom stereocenters. The zero-order valence-corrected chi connectivity index (χ0v) is 17.8. The van der Waals surface area contributed by atoms with E-state index in [-0.39, 0.29) is 11.9 Å². The summed E-state index contributed by atoms with van der Waals surface area (Å²) in [5.41, 5.74) is 4.08. The Labute approximate surface area is 185 Å². The van der Waals surface area contributed by atoms with Crippen molar-refractivity contribution in [2.24, 2.45) is 0 Å². The van der Waals surface area contributed by atoms with Crippen molar-refractivity contribution in [1.29, 1.82) is 0 Å². The van der Waals surface area contributed by atoms with E-state index in [1.54, 1.807) is 6.07 Å². The number of amides is 1. The minimum atomic E-state index is 0.0159. The minimum absolute atomic E-state index is 0.0159. The van der Waals surface area contributed by atoms with E-state index in [1.807, 2.05) is 53.8 Å². The first-order valence-corrected chi connectivity index (χ1v) is 10.7. The molecule has 1 fully saturated rings. The van der Waals surface area contributed by atoms with E-state index in [4.69, 9.17) is 21.0 Å². The number of nitrogens with zero attached hydrogens (tertiary/aromatic N) is 4. The van der Waals surface area contributed by atoms with Crippen LogP contribution in [0.2, 0.25) is 5.02 Å². The molecular weight excluding hydrogens is 413 g/mol. The summed E-state index contributed by atoms with van der Waals surface area (Å²) in [5.74, 6) is 0.884. The summed E-state index contributed by atoms with van der Waals surface area (Å²) in [7, 11) is 2.00. The quantitative estimate of drug-likeness (QED) is 0.501. The molecule has 7 nitrogen and oxygen atoms in total. The molecular formula is C22H21BClN5O2. The van der Waals surface area contributed by atoms with Gasteiger partial charge in [-0.05, 0) is 30.4 Å². The average molecular weight is 434 g/mol. The van der Waals surface area contributed by atoms with E-state index in [2.05, 4.69) is 10.4 Å². The first-order chi connectivity index (χ1) is 15.1. The van der Waals surface area contributed by atoms with Crippen LogP contribution < -0.4 is 10.8 Å². The van der Waals surface area contributed by atoms with E-state index in [1.165, 1.54) is 12.5 Å². The number of aromatic nitrogens is 3. The van der Waals surface area contributed by atoms with Gasteiger partial charge in [-0.15, -0.1) is 0 Å². The van der Waals surface area contributed by atoms with Crippen LogP contribution in [0.1, 0.15) is 23.2 Å². The number of nitrogens with one attached hydrogen (secondary N) is 1. The number of carbonyl (C=O) groups excluding carboxylic acids is 1. The highest BCUT2D eigenvalue weighted by atomic mass is 35.5. The van der Waals surface area contributed by atoms with Gasteiger partial charge in [-0.1, -0.05) is 29.8 Å². The molecule has 1 aromatic carbocycles. The number of fused-ring (bicyclic) bond motifs is 1. The van der Waals surface area contributed by atoms with Gasteiger partial charge < -0.3 is 14.6 Å². The molecule has 0 bridgehead atoms. The average Bonchev–Trinajstić information content (AvgIpc) is 3.45. The molecule has 0 saturated carbocycles. The second-order valence-electron chi connectivity index (χ2n) is 7.79. The highest BCUT2D eigenvalue weighted by Crippen LogP contribution is 2.29. The normalized spacial score (nSPS) is 14.8. The molecule has 0 atom stereocenters. The van der Waals surface area contributed by atoms with Crippen molar-refractivity contribution in [3.8, 4) is 11.3 Å². The molecule has 31 heavy (non-hydrogen) atoms. The van der Waals surface area contributed by atoms with Gasteiger partial charge in [0.2, 0.25) is 0 Å². The van der Waals surface area contributed by atoms with E-state index < -0.39 is 0 Å². The second kappa shape index (κ2) is 8.11.